The van der Waals surface area contributed by atoms with Gasteiger partial charge in [-0.05, 0) is 13.8 Å². The minimum atomic E-state index is -2.88. The second-order valence-corrected chi connectivity index (χ2v) is 9.88. The van der Waals surface area contributed by atoms with E-state index in [9.17, 15) is 13.6 Å². The van der Waals surface area contributed by atoms with Gasteiger partial charge in [0.15, 0.2) is 5.69 Å². The summed E-state index contributed by atoms with van der Waals surface area (Å²) in [4.78, 5) is 25.3. The fraction of sp³-hybridized carbons (Fsp3) is 0.619. The summed E-state index contributed by atoms with van der Waals surface area (Å²) >= 11 is 6.84. The first-order valence-electron chi connectivity index (χ1n) is 11.0. The molecule has 1 N–H and O–H groups in total. The Bertz CT molecular complexity index is 1180. The normalized spacial score (nSPS) is 32.6. The molecule has 4 aliphatic heterocycles. The molecule has 6 heterocycles. The number of fused-ring (bicyclic) bond motifs is 5. The quantitative estimate of drug-likeness (QED) is 0.668. The lowest BCUT2D eigenvalue weighted by Crippen LogP contribution is -2.67. The zero-order valence-electron chi connectivity index (χ0n) is 18.1. The topological polar surface area (TPSA) is 96.1 Å². The molecule has 2 aromatic heterocycles. The van der Waals surface area contributed by atoms with E-state index in [1.807, 2.05) is 13.1 Å². The van der Waals surface area contributed by atoms with Gasteiger partial charge in [-0.1, -0.05) is 16.8 Å². The largest absolute Gasteiger partial charge is 0.372 e. The van der Waals surface area contributed by atoms with Crippen LogP contribution in [0.4, 0.5) is 14.5 Å². The number of nitrogens with zero attached hydrogens (tertiary/aromatic N) is 5. The number of alkyl halides is 2. The lowest BCUT2D eigenvalue weighted by atomic mass is 9.70. The monoisotopic (exact) mass is 480 g/mol. The van der Waals surface area contributed by atoms with Crippen molar-refractivity contribution in [1.82, 2.24) is 20.4 Å². The molecule has 0 radical (unpaired) electrons. The molecule has 0 saturated carbocycles. The molecule has 2 saturated heterocycles. The molecule has 1 spiro atoms. The van der Waals surface area contributed by atoms with E-state index in [1.54, 1.807) is 0 Å². The van der Waals surface area contributed by atoms with Crippen LogP contribution in [-0.2, 0) is 11.2 Å². The summed E-state index contributed by atoms with van der Waals surface area (Å²) in [5.41, 5.74) is 1.35. The molecule has 4 aliphatic rings. The van der Waals surface area contributed by atoms with Crippen molar-refractivity contribution in [2.75, 3.05) is 37.7 Å². The van der Waals surface area contributed by atoms with Gasteiger partial charge in [-0.25, -0.2) is 13.8 Å². The fourth-order valence-corrected chi connectivity index (χ4v) is 6.13. The Morgan fingerprint density at radius 3 is 2.82 bits per heavy atom. The van der Waals surface area contributed by atoms with Crippen molar-refractivity contribution in [2.24, 2.45) is 10.4 Å². The summed E-state index contributed by atoms with van der Waals surface area (Å²) in [7, 11) is 0. The average molecular weight is 481 g/mol. The number of aliphatic imine (C=N–C) groups is 1. The second kappa shape index (κ2) is 7.07. The molecule has 1 unspecified atom stereocenters. The minimum absolute atomic E-state index is 0.0261. The number of ether oxygens (including phenoxy) is 1. The first-order valence-corrected chi connectivity index (χ1v) is 11.4. The fourth-order valence-electron chi connectivity index (χ4n) is 5.78. The smallest absolute Gasteiger partial charge is 0.282 e. The van der Waals surface area contributed by atoms with Gasteiger partial charge in [0.1, 0.15) is 10.5 Å². The number of likely N-dealkylation sites (tertiary alicyclic amines) is 1. The highest BCUT2D eigenvalue weighted by molar-refractivity contribution is 6.38. The van der Waals surface area contributed by atoms with Gasteiger partial charge in [-0.3, -0.25) is 15.1 Å². The molecule has 33 heavy (non-hydrogen) atoms. The number of halogens is 3. The standard InChI is InChI=1S/C21H23ClF2N6O3/c1-10-4-30-16-12(3-20(5-25-9-26-6-20)18(30)11(2)32-10)27-14-15(28-33-17(14)13(16)22)19(31)29-7-21(23,24)8-29/h5,10-11,18,26H,3-4,6-9H2,1-2H3/t10-,11+,18-,20?/m1/s1. The molecule has 6 rings (SSSR count). The molecular formula is C21H23ClF2N6O3. The van der Waals surface area contributed by atoms with Crippen molar-refractivity contribution in [3.05, 3.63) is 16.4 Å². The SMILES string of the molecule is C[C@@H]1CN2c3c(nc4c(C(=O)N5CC(F)(F)C5)noc4c3Cl)CC3(C=NCNC3)[C@H]2[C@H](C)O1. The van der Waals surface area contributed by atoms with Crippen molar-refractivity contribution in [3.8, 4) is 0 Å². The van der Waals surface area contributed by atoms with Crippen molar-refractivity contribution in [2.45, 2.75) is 44.4 Å². The van der Waals surface area contributed by atoms with E-state index in [1.165, 1.54) is 0 Å². The van der Waals surface area contributed by atoms with Gasteiger partial charge >= 0.3 is 0 Å². The predicted molar refractivity (Wildman–Crippen MR) is 116 cm³/mol. The van der Waals surface area contributed by atoms with E-state index < -0.39 is 24.9 Å². The number of aromatic nitrogens is 2. The van der Waals surface area contributed by atoms with Gasteiger partial charge in [0.2, 0.25) is 5.58 Å². The third-order valence-corrected chi connectivity index (χ3v) is 7.34. The summed E-state index contributed by atoms with van der Waals surface area (Å²) in [6.07, 6.45) is 2.40. The number of rotatable bonds is 1. The number of hydrogen-bond donors (Lipinski definition) is 1. The van der Waals surface area contributed by atoms with Gasteiger partial charge < -0.3 is 19.1 Å². The minimum Gasteiger partial charge on any atom is -0.372 e. The van der Waals surface area contributed by atoms with Crippen LogP contribution in [0.5, 0.6) is 0 Å². The van der Waals surface area contributed by atoms with Gasteiger partial charge in [0, 0.05) is 31.1 Å². The number of hydrogen-bond acceptors (Lipinski definition) is 8. The number of morpholine rings is 1. The van der Waals surface area contributed by atoms with Crippen molar-refractivity contribution < 1.29 is 22.8 Å². The van der Waals surface area contributed by atoms with Crippen molar-refractivity contribution >= 4 is 40.5 Å². The maximum absolute atomic E-state index is 13.3. The Kier molecular flexibility index (Phi) is 4.54. The van der Waals surface area contributed by atoms with Crippen LogP contribution in [0.15, 0.2) is 9.52 Å². The van der Waals surface area contributed by atoms with Crippen LogP contribution in [0.1, 0.15) is 30.0 Å². The molecule has 176 valence electrons. The van der Waals surface area contributed by atoms with Gasteiger partial charge in [0.25, 0.3) is 11.8 Å². The Balaban J connectivity index is 1.48. The number of amides is 1. The zero-order valence-corrected chi connectivity index (χ0v) is 18.9. The van der Waals surface area contributed by atoms with E-state index in [2.05, 4.69) is 27.3 Å². The van der Waals surface area contributed by atoms with Crippen LogP contribution >= 0.6 is 11.6 Å². The van der Waals surface area contributed by atoms with Crippen LogP contribution in [-0.4, -0.2) is 84.2 Å². The summed E-state index contributed by atoms with van der Waals surface area (Å²) in [6.45, 7) is 4.61. The predicted octanol–water partition coefficient (Wildman–Crippen LogP) is 2.12. The number of carbonyl (C=O) groups excluding carboxylic acids is 1. The lowest BCUT2D eigenvalue weighted by Gasteiger charge is -2.55. The highest BCUT2D eigenvalue weighted by atomic mass is 35.5. The van der Waals surface area contributed by atoms with Crippen LogP contribution in [0.2, 0.25) is 5.02 Å². The molecule has 12 heteroatoms. The van der Waals surface area contributed by atoms with E-state index in [4.69, 9.17) is 25.8 Å². The molecule has 2 fully saturated rings. The maximum Gasteiger partial charge on any atom is 0.282 e. The summed E-state index contributed by atoms with van der Waals surface area (Å²) in [5, 5.41) is 7.54. The van der Waals surface area contributed by atoms with E-state index in [0.29, 0.717) is 36.9 Å². The number of anilines is 1. The first kappa shape index (κ1) is 21.2. The summed E-state index contributed by atoms with van der Waals surface area (Å²) < 4.78 is 38.2. The zero-order chi connectivity index (χ0) is 23.1. The Morgan fingerprint density at radius 2 is 2.12 bits per heavy atom. The van der Waals surface area contributed by atoms with E-state index in [-0.39, 0.29) is 40.5 Å². The molecule has 0 bridgehead atoms. The Morgan fingerprint density at radius 1 is 1.33 bits per heavy atom. The third-order valence-electron chi connectivity index (χ3n) is 6.99. The molecular weight excluding hydrogens is 458 g/mol. The molecule has 0 aromatic carbocycles. The van der Waals surface area contributed by atoms with Crippen LogP contribution in [0, 0.1) is 5.41 Å². The van der Waals surface area contributed by atoms with Gasteiger partial charge in [-0.2, -0.15) is 0 Å². The molecule has 2 aromatic rings. The highest BCUT2D eigenvalue weighted by Crippen LogP contribution is 2.49. The molecule has 4 atom stereocenters. The van der Waals surface area contributed by atoms with Crippen LogP contribution < -0.4 is 10.2 Å². The Hall–Kier alpha value is -2.37. The van der Waals surface area contributed by atoms with Gasteiger partial charge in [-0.15, -0.1) is 0 Å². The third kappa shape index (κ3) is 3.08. The van der Waals surface area contributed by atoms with Crippen molar-refractivity contribution in [3.63, 3.8) is 0 Å². The van der Waals surface area contributed by atoms with Crippen molar-refractivity contribution in [1.29, 1.82) is 0 Å². The van der Waals surface area contributed by atoms with E-state index in [0.717, 1.165) is 10.6 Å². The second-order valence-electron chi connectivity index (χ2n) is 9.50. The summed E-state index contributed by atoms with van der Waals surface area (Å²) in [6, 6.07) is -0.0261. The number of carbonyl (C=O) groups is 1. The first-order chi connectivity index (χ1) is 15.7. The summed E-state index contributed by atoms with van der Waals surface area (Å²) in [5.74, 6) is -3.51. The van der Waals surface area contributed by atoms with E-state index >= 15 is 0 Å². The molecule has 9 nitrogen and oxygen atoms in total. The lowest BCUT2D eigenvalue weighted by molar-refractivity contribution is -0.113. The van der Waals surface area contributed by atoms with Crippen LogP contribution in [0.3, 0.4) is 0 Å². The molecule has 1 amide bonds. The maximum atomic E-state index is 13.3. The Labute approximate surface area is 193 Å². The van der Waals surface area contributed by atoms with Gasteiger partial charge in [0.05, 0.1) is 49.4 Å². The average Bonchev–Trinajstić information content (AvgIpc) is 3.15. The highest BCUT2D eigenvalue weighted by Gasteiger charge is 2.53. The number of nitrogens with one attached hydrogen (secondary N) is 1. The van der Waals surface area contributed by atoms with Crippen LogP contribution in [0.25, 0.3) is 11.1 Å². The number of pyridine rings is 1. The molecule has 0 aliphatic carbocycles.